The summed E-state index contributed by atoms with van der Waals surface area (Å²) in [4.78, 5) is 33.9. The lowest BCUT2D eigenvalue weighted by molar-refractivity contribution is -0.0195. The van der Waals surface area contributed by atoms with E-state index in [1.165, 1.54) is 23.3 Å². The molecule has 2 amide bonds. The standard InChI is InChI=1S/C25H26N4O3/c1-27-10-8-25(32,9-11-27)21-12-17(16-6-7-16)13-28-14-18(26-22(21)28)15-29-23(30)19-4-2-3-5-20(19)24(29)31/h2-5,12-14,16,32H,6-11,15H2,1H3. The molecular weight excluding hydrogens is 404 g/mol. The average Bonchev–Trinajstić information content (AvgIpc) is 3.53. The third-order valence-corrected chi connectivity index (χ3v) is 7.18. The fourth-order valence-electron chi connectivity index (χ4n) is 5.03. The highest BCUT2D eigenvalue weighted by molar-refractivity contribution is 6.21. The highest BCUT2D eigenvalue weighted by Gasteiger charge is 2.38. The SMILES string of the molecule is CN1CCC(O)(c2cc(C3CC3)cn3cc(CN4C(=O)c5ccccc5C4=O)nc23)CC1. The van der Waals surface area contributed by atoms with Crippen LogP contribution in [0, 0.1) is 0 Å². The van der Waals surface area contributed by atoms with Crippen molar-refractivity contribution in [2.75, 3.05) is 20.1 Å². The highest BCUT2D eigenvalue weighted by Crippen LogP contribution is 2.43. The molecule has 1 N–H and O–H groups in total. The molecule has 4 heterocycles. The van der Waals surface area contributed by atoms with Crippen molar-refractivity contribution < 1.29 is 14.7 Å². The second-order valence-corrected chi connectivity index (χ2v) is 9.50. The normalized spacial score (nSPS) is 20.9. The van der Waals surface area contributed by atoms with Crippen molar-refractivity contribution in [3.8, 4) is 0 Å². The van der Waals surface area contributed by atoms with Crippen LogP contribution in [-0.2, 0) is 12.1 Å². The Hall–Kier alpha value is -3.03. The first-order chi connectivity index (χ1) is 15.4. The molecule has 1 saturated heterocycles. The summed E-state index contributed by atoms with van der Waals surface area (Å²) in [6.45, 7) is 1.78. The first kappa shape index (κ1) is 19.6. The number of aliphatic hydroxyl groups is 1. The molecule has 0 radical (unpaired) electrons. The summed E-state index contributed by atoms with van der Waals surface area (Å²) in [6.07, 6.45) is 7.65. The molecule has 3 aromatic rings. The van der Waals surface area contributed by atoms with Crippen LogP contribution in [-0.4, -0.2) is 56.2 Å². The fourth-order valence-corrected chi connectivity index (χ4v) is 5.03. The van der Waals surface area contributed by atoms with E-state index >= 15 is 0 Å². The number of carbonyl (C=O) groups is 2. The lowest BCUT2D eigenvalue weighted by atomic mass is 9.84. The van der Waals surface area contributed by atoms with Crippen LogP contribution < -0.4 is 0 Å². The number of imidazole rings is 1. The average molecular weight is 431 g/mol. The number of carbonyl (C=O) groups excluding carboxylic acids is 2. The van der Waals surface area contributed by atoms with Crippen LogP contribution in [0.15, 0.2) is 42.7 Å². The second kappa shape index (κ2) is 6.98. The quantitative estimate of drug-likeness (QED) is 0.644. The van der Waals surface area contributed by atoms with Gasteiger partial charge in [0.1, 0.15) is 5.65 Å². The van der Waals surface area contributed by atoms with Gasteiger partial charge in [-0.2, -0.15) is 0 Å². The van der Waals surface area contributed by atoms with Crippen LogP contribution >= 0.6 is 0 Å². The Balaban J connectivity index is 1.39. The zero-order chi connectivity index (χ0) is 22.0. The zero-order valence-corrected chi connectivity index (χ0v) is 18.1. The van der Waals surface area contributed by atoms with Gasteiger partial charge >= 0.3 is 0 Å². The minimum Gasteiger partial charge on any atom is -0.385 e. The number of amides is 2. The molecule has 0 spiro atoms. The van der Waals surface area contributed by atoms with Crippen molar-refractivity contribution >= 4 is 17.5 Å². The van der Waals surface area contributed by atoms with E-state index in [0.29, 0.717) is 41.2 Å². The van der Waals surface area contributed by atoms with Crippen molar-refractivity contribution in [1.29, 1.82) is 0 Å². The summed E-state index contributed by atoms with van der Waals surface area (Å²) in [6, 6.07) is 9.06. The van der Waals surface area contributed by atoms with Crippen LogP contribution in [0.4, 0.5) is 0 Å². The van der Waals surface area contributed by atoms with Crippen molar-refractivity contribution in [3.63, 3.8) is 0 Å². The third kappa shape index (κ3) is 3.07. The summed E-state index contributed by atoms with van der Waals surface area (Å²) in [5.41, 5.74) is 3.42. The molecule has 6 rings (SSSR count). The van der Waals surface area contributed by atoms with Crippen LogP contribution in [0.3, 0.4) is 0 Å². The fraction of sp³-hybridized carbons (Fsp3) is 0.400. The number of piperidine rings is 1. The van der Waals surface area contributed by atoms with Crippen molar-refractivity contribution in [1.82, 2.24) is 19.2 Å². The molecule has 1 aliphatic carbocycles. The summed E-state index contributed by atoms with van der Waals surface area (Å²) in [5.74, 6) is -0.0268. The van der Waals surface area contributed by atoms with Gasteiger partial charge in [0.15, 0.2) is 0 Å². The molecule has 2 fully saturated rings. The van der Waals surface area contributed by atoms with Gasteiger partial charge in [-0.15, -0.1) is 0 Å². The van der Waals surface area contributed by atoms with Crippen molar-refractivity contribution in [3.05, 3.63) is 70.7 Å². The molecule has 7 heteroatoms. The van der Waals surface area contributed by atoms with Gasteiger partial charge in [-0.25, -0.2) is 4.98 Å². The molecule has 1 aromatic carbocycles. The number of nitrogens with zero attached hydrogens (tertiary/aromatic N) is 4. The summed E-state index contributed by atoms with van der Waals surface area (Å²) < 4.78 is 1.98. The Morgan fingerprint density at radius 3 is 2.34 bits per heavy atom. The largest absolute Gasteiger partial charge is 0.385 e. The molecule has 0 unspecified atom stereocenters. The van der Waals surface area contributed by atoms with Gasteiger partial charge in [-0.3, -0.25) is 14.5 Å². The molecule has 1 saturated carbocycles. The van der Waals surface area contributed by atoms with E-state index in [-0.39, 0.29) is 18.4 Å². The smallest absolute Gasteiger partial charge is 0.261 e. The van der Waals surface area contributed by atoms with Crippen molar-refractivity contribution in [2.24, 2.45) is 0 Å². The van der Waals surface area contributed by atoms with Gasteiger partial charge in [0.05, 0.1) is 29.0 Å². The maximum absolute atomic E-state index is 12.8. The number of imide groups is 1. The maximum atomic E-state index is 12.8. The number of pyridine rings is 1. The molecular formula is C25H26N4O3. The molecule has 0 bridgehead atoms. The Morgan fingerprint density at radius 1 is 1.06 bits per heavy atom. The van der Waals surface area contributed by atoms with Crippen LogP contribution in [0.2, 0.25) is 0 Å². The molecule has 3 aliphatic rings. The Kier molecular flexibility index (Phi) is 4.29. The first-order valence-electron chi connectivity index (χ1n) is 11.3. The molecule has 7 nitrogen and oxygen atoms in total. The van der Waals surface area contributed by atoms with Gasteiger partial charge in [-0.05, 0) is 62.4 Å². The monoisotopic (exact) mass is 430 g/mol. The van der Waals surface area contributed by atoms with Crippen molar-refractivity contribution in [2.45, 2.75) is 43.7 Å². The topological polar surface area (TPSA) is 78.1 Å². The van der Waals surface area contributed by atoms with Crippen LogP contribution in [0.1, 0.15) is 69.1 Å². The van der Waals surface area contributed by atoms with Gasteiger partial charge in [-0.1, -0.05) is 12.1 Å². The molecule has 2 aliphatic heterocycles. The van der Waals surface area contributed by atoms with E-state index < -0.39 is 5.60 Å². The van der Waals surface area contributed by atoms with E-state index in [2.05, 4.69) is 24.2 Å². The molecule has 164 valence electrons. The Labute approximate surface area is 186 Å². The Bertz CT molecular complexity index is 1220. The third-order valence-electron chi connectivity index (χ3n) is 7.18. The zero-order valence-electron chi connectivity index (χ0n) is 18.1. The van der Waals surface area contributed by atoms with E-state index in [1.807, 2.05) is 10.6 Å². The van der Waals surface area contributed by atoms with E-state index in [1.54, 1.807) is 24.3 Å². The first-order valence-corrected chi connectivity index (χ1v) is 11.3. The molecule has 2 aromatic heterocycles. The minimum atomic E-state index is -0.920. The Morgan fingerprint density at radius 2 is 1.72 bits per heavy atom. The van der Waals surface area contributed by atoms with E-state index in [9.17, 15) is 14.7 Å². The van der Waals surface area contributed by atoms with E-state index in [0.717, 1.165) is 18.7 Å². The number of aromatic nitrogens is 2. The number of fused-ring (bicyclic) bond motifs is 2. The summed E-state index contributed by atoms with van der Waals surface area (Å²) in [7, 11) is 2.07. The number of rotatable bonds is 4. The minimum absolute atomic E-state index is 0.118. The summed E-state index contributed by atoms with van der Waals surface area (Å²) in [5, 5.41) is 11.6. The van der Waals surface area contributed by atoms with Gasteiger partial charge < -0.3 is 14.4 Å². The second-order valence-electron chi connectivity index (χ2n) is 9.50. The summed E-state index contributed by atoms with van der Waals surface area (Å²) >= 11 is 0. The maximum Gasteiger partial charge on any atom is 0.261 e. The molecule has 32 heavy (non-hydrogen) atoms. The van der Waals surface area contributed by atoms with Crippen LogP contribution in [0.25, 0.3) is 5.65 Å². The van der Waals surface area contributed by atoms with E-state index in [4.69, 9.17) is 4.98 Å². The predicted molar refractivity (Wildman–Crippen MR) is 118 cm³/mol. The number of likely N-dealkylation sites (tertiary alicyclic amines) is 1. The number of hydrogen-bond donors (Lipinski definition) is 1. The number of hydrogen-bond acceptors (Lipinski definition) is 5. The molecule has 0 atom stereocenters. The highest BCUT2D eigenvalue weighted by atomic mass is 16.3. The van der Waals surface area contributed by atoms with Gasteiger partial charge in [0.25, 0.3) is 11.8 Å². The lowest BCUT2D eigenvalue weighted by Gasteiger charge is -2.37. The lowest BCUT2D eigenvalue weighted by Crippen LogP contribution is -2.41. The number of benzene rings is 1. The predicted octanol–water partition coefficient (Wildman–Crippen LogP) is 2.92. The van der Waals surface area contributed by atoms with Crippen LogP contribution in [0.5, 0.6) is 0 Å². The van der Waals surface area contributed by atoms with Gasteiger partial charge in [0, 0.05) is 31.0 Å². The van der Waals surface area contributed by atoms with Gasteiger partial charge in [0.2, 0.25) is 0 Å².